The van der Waals surface area contributed by atoms with E-state index in [-0.39, 0.29) is 0 Å². The van der Waals surface area contributed by atoms with Crippen LogP contribution in [0.1, 0.15) is 5.69 Å². The molecule has 0 amide bonds. The second-order valence-electron chi connectivity index (χ2n) is 2.31. The first-order valence-electron chi connectivity index (χ1n) is 3.31. The van der Waals surface area contributed by atoms with Crippen LogP contribution >= 0.6 is 0 Å². The molecule has 1 aromatic heterocycles. The van der Waals surface area contributed by atoms with Gasteiger partial charge in [-0.05, 0) is 19.1 Å². The highest BCUT2D eigenvalue weighted by Crippen LogP contribution is 1.88. The van der Waals surface area contributed by atoms with E-state index in [1.807, 2.05) is 19.2 Å². The maximum Gasteiger partial charge on any atom is 0.127 e. The Morgan fingerprint density at radius 1 is 1.40 bits per heavy atom. The topological polar surface area (TPSA) is 17.3 Å². The average molecular weight is 136 g/mol. The minimum Gasteiger partial charge on any atom is -0.334 e. The smallest absolute Gasteiger partial charge is 0.127 e. The third-order valence-corrected chi connectivity index (χ3v) is 1.68. The van der Waals surface area contributed by atoms with Gasteiger partial charge in [0.1, 0.15) is 5.49 Å². The highest BCUT2D eigenvalue weighted by molar-refractivity contribution is 5.02. The molecule has 0 aliphatic rings. The van der Waals surface area contributed by atoms with Gasteiger partial charge in [0.2, 0.25) is 0 Å². The first-order chi connectivity index (χ1) is 4.75. The molecule has 0 saturated heterocycles. The molecular weight excluding hydrogens is 124 g/mol. The largest absolute Gasteiger partial charge is 0.334 e. The lowest BCUT2D eigenvalue weighted by Gasteiger charge is -2.02. The van der Waals surface area contributed by atoms with Crippen LogP contribution in [0.4, 0.5) is 0 Å². The second kappa shape index (κ2) is 2.69. The zero-order valence-corrected chi connectivity index (χ0v) is 6.63. The fourth-order valence-corrected chi connectivity index (χ4v) is 0.902. The Labute approximate surface area is 60.9 Å². The molecule has 54 valence electrons. The third-order valence-electron chi connectivity index (χ3n) is 1.68. The van der Waals surface area contributed by atoms with E-state index in [4.69, 9.17) is 0 Å². The van der Waals surface area contributed by atoms with Gasteiger partial charge < -0.3 is 4.57 Å². The Bertz CT molecular complexity index is 284. The molecule has 0 spiro atoms. The third kappa shape index (κ3) is 1.10. The van der Waals surface area contributed by atoms with Crippen molar-refractivity contribution in [2.75, 3.05) is 7.05 Å². The maximum absolute atomic E-state index is 4.09. The van der Waals surface area contributed by atoms with E-state index in [1.165, 1.54) is 5.69 Å². The van der Waals surface area contributed by atoms with Crippen molar-refractivity contribution in [1.29, 1.82) is 0 Å². The van der Waals surface area contributed by atoms with E-state index >= 15 is 0 Å². The number of hydrogen-bond donors (Lipinski definition) is 0. The Morgan fingerprint density at radius 3 is 2.60 bits per heavy atom. The zero-order valence-electron chi connectivity index (χ0n) is 6.63. The van der Waals surface area contributed by atoms with Crippen molar-refractivity contribution < 1.29 is 0 Å². The molecule has 2 heteroatoms. The van der Waals surface area contributed by atoms with Crippen molar-refractivity contribution in [2.45, 2.75) is 6.92 Å². The maximum atomic E-state index is 4.09. The van der Waals surface area contributed by atoms with Crippen LogP contribution in [0.2, 0.25) is 0 Å². The minimum absolute atomic E-state index is 1.01. The van der Waals surface area contributed by atoms with Gasteiger partial charge in [-0.25, -0.2) is 0 Å². The Balaban J connectivity index is 3.43. The Kier molecular flexibility index (Phi) is 1.90. The van der Waals surface area contributed by atoms with Gasteiger partial charge >= 0.3 is 0 Å². The molecule has 0 aliphatic heterocycles. The number of aryl methyl sites for hydroxylation is 1. The summed E-state index contributed by atoms with van der Waals surface area (Å²) in [5.74, 6) is 0. The van der Waals surface area contributed by atoms with Crippen molar-refractivity contribution in [3.8, 4) is 0 Å². The molecule has 2 nitrogen and oxygen atoms in total. The zero-order chi connectivity index (χ0) is 7.56. The fraction of sp³-hybridized carbons (Fsp3) is 0.375. The van der Waals surface area contributed by atoms with Crippen LogP contribution in [-0.2, 0) is 7.05 Å². The number of hydrogen-bond acceptors (Lipinski definition) is 1. The summed E-state index contributed by atoms with van der Waals surface area (Å²) in [6.07, 6.45) is 0. The normalized spacial score (nSPS) is 12.1. The molecule has 0 atom stereocenters. The fourth-order valence-electron chi connectivity index (χ4n) is 0.902. The monoisotopic (exact) mass is 136 g/mol. The van der Waals surface area contributed by atoms with E-state index in [1.54, 1.807) is 7.05 Å². The van der Waals surface area contributed by atoms with Crippen molar-refractivity contribution >= 4 is 0 Å². The van der Waals surface area contributed by atoms with E-state index in [9.17, 15) is 0 Å². The summed E-state index contributed by atoms with van der Waals surface area (Å²) in [6, 6.07) is 6.07. The van der Waals surface area contributed by atoms with E-state index in [0.29, 0.717) is 0 Å². The van der Waals surface area contributed by atoms with Gasteiger partial charge in [-0.2, -0.15) is 0 Å². The average Bonchev–Trinajstić information content (AvgIpc) is 1.95. The quantitative estimate of drug-likeness (QED) is 0.503. The van der Waals surface area contributed by atoms with Crippen molar-refractivity contribution in [1.82, 2.24) is 4.57 Å². The summed E-state index contributed by atoms with van der Waals surface area (Å²) in [4.78, 5) is 4.09. The van der Waals surface area contributed by atoms with Gasteiger partial charge in [0.15, 0.2) is 0 Å². The van der Waals surface area contributed by atoms with Gasteiger partial charge in [0, 0.05) is 19.8 Å². The predicted octanol–water partition coefficient (Wildman–Crippen LogP) is 0.864. The molecule has 0 bridgehead atoms. The molecular formula is C8H12N2. The van der Waals surface area contributed by atoms with Crippen LogP contribution in [0.5, 0.6) is 0 Å². The lowest BCUT2D eigenvalue weighted by atomic mass is 10.4. The number of rotatable bonds is 0. The van der Waals surface area contributed by atoms with E-state index < -0.39 is 0 Å². The number of nitrogens with zero attached hydrogens (tertiary/aromatic N) is 2. The summed E-state index contributed by atoms with van der Waals surface area (Å²) in [6.45, 7) is 2.06. The summed E-state index contributed by atoms with van der Waals surface area (Å²) >= 11 is 0. The lowest BCUT2D eigenvalue weighted by molar-refractivity contribution is 0.791. The standard InChI is InChI=1S/C8H12N2/c1-7-5-4-6-8(9-2)10(7)3/h4-6H,1-3H3. The molecule has 0 saturated carbocycles. The SMILES string of the molecule is CN=c1cccc(C)n1C. The Morgan fingerprint density at radius 2 is 2.10 bits per heavy atom. The Hall–Kier alpha value is -1.05. The highest BCUT2D eigenvalue weighted by Gasteiger charge is 1.87. The summed E-state index contributed by atoms with van der Waals surface area (Å²) in [5.41, 5.74) is 2.24. The molecule has 0 N–H and O–H groups in total. The molecule has 0 radical (unpaired) electrons. The first-order valence-corrected chi connectivity index (χ1v) is 3.31. The van der Waals surface area contributed by atoms with Crippen LogP contribution in [0.3, 0.4) is 0 Å². The minimum atomic E-state index is 1.01. The summed E-state index contributed by atoms with van der Waals surface area (Å²) < 4.78 is 2.06. The molecule has 1 rings (SSSR count). The number of aromatic nitrogens is 1. The molecule has 0 aliphatic carbocycles. The highest BCUT2D eigenvalue weighted by atomic mass is 15.0. The molecule has 0 fully saturated rings. The summed E-state index contributed by atoms with van der Waals surface area (Å²) in [7, 11) is 3.81. The van der Waals surface area contributed by atoms with Gasteiger partial charge in [-0.15, -0.1) is 0 Å². The van der Waals surface area contributed by atoms with Gasteiger partial charge in [0.05, 0.1) is 0 Å². The van der Waals surface area contributed by atoms with Crippen molar-refractivity contribution in [3.63, 3.8) is 0 Å². The number of pyridine rings is 1. The van der Waals surface area contributed by atoms with Gasteiger partial charge in [-0.1, -0.05) is 6.07 Å². The van der Waals surface area contributed by atoms with Crippen LogP contribution in [0.25, 0.3) is 0 Å². The van der Waals surface area contributed by atoms with Gasteiger partial charge in [0.25, 0.3) is 0 Å². The molecule has 1 aromatic rings. The molecule has 0 aromatic carbocycles. The van der Waals surface area contributed by atoms with Gasteiger partial charge in [-0.3, -0.25) is 4.99 Å². The van der Waals surface area contributed by atoms with E-state index in [0.717, 1.165) is 5.49 Å². The van der Waals surface area contributed by atoms with E-state index in [2.05, 4.69) is 22.5 Å². The lowest BCUT2D eigenvalue weighted by Crippen LogP contribution is -2.18. The first kappa shape index (κ1) is 7.06. The second-order valence-corrected chi connectivity index (χ2v) is 2.31. The summed E-state index contributed by atoms with van der Waals surface area (Å²) in [5, 5.41) is 0. The van der Waals surface area contributed by atoms with Crippen LogP contribution in [-0.4, -0.2) is 11.6 Å². The van der Waals surface area contributed by atoms with Crippen LogP contribution < -0.4 is 5.49 Å². The molecule has 0 unspecified atom stereocenters. The van der Waals surface area contributed by atoms with Crippen LogP contribution in [0, 0.1) is 6.92 Å². The van der Waals surface area contributed by atoms with Crippen LogP contribution in [0.15, 0.2) is 23.2 Å². The molecule has 10 heavy (non-hydrogen) atoms. The van der Waals surface area contributed by atoms with Crippen molar-refractivity contribution in [3.05, 3.63) is 29.4 Å². The predicted molar refractivity (Wildman–Crippen MR) is 41.6 cm³/mol. The van der Waals surface area contributed by atoms with Crippen molar-refractivity contribution in [2.24, 2.45) is 12.0 Å². The molecule has 1 heterocycles.